The maximum atomic E-state index is 14.0. The Kier molecular flexibility index (Phi) is 4.07. The van der Waals surface area contributed by atoms with E-state index < -0.39 is 5.95 Å². The van der Waals surface area contributed by atoms with Crippen LogP contribution in [-0.4, -0.2) is 24.5 Å². The summed E-state index contributed by atoms with van der Waals surface area (Å²) in [6.07, 6.45) is 3.19. The molecule has 0 atom stereocenters. The number of fused-ring (bicyclic) bond motifs is 1. The first kappa shape index (κ1) is 17.1. The lowest BCUT2D eigenvalue weighted by Crippen LogP contribution is -2.20. The van der Waals surface area contributed by atoms with Crippen molar-refractivity contribution in [2.75, 3.05) is 0 Å². The number of nitrogens with zero attached hydrogens (tertiary/aromatic N) is 5. The molecule has 0 radical (unpaired) electrons. The van der Waals surface area contributed by atoms with Crippen LogP contribution in [0.4, 0.5) is 4.39 Å². The van der Waals surface area contributed by atoms with Gasteiger partial charge in [0.2, 0.25) is 5.95 Å². The lowest BCUT2D eigenvalue weighted by Gasteiger charge is -2.11. The highest BCUT2D eigenvalue weighted by atomic mass is 19.1. The van der Waals surface area contributed by atoms with E-state index in [1.165, 1.54) is 10.9 Å². The first-order valence-corrected chi connectivity index (χ1v) is 8.66. The van der Waals surface area contributed by atoms with E-state index in [9.17, 15) is 9.18 Å². The highest BCUT2D eigenvalue weighted by molar-refractivity contribution is 5.86. The second-order valence-electron chi connectivity index (χ2n) is 6.67. The Bertz CT molecular complexity index is 1210. The summed E-state index contributed by atoms with van der Waals surface area (Å²) in [5.74, 6) is -0.607. The zero-order valence-corrected chi connectivity index (χ0v) is 15.2. The van der Waals surface area contributed by atoms with Gasteiger partial charge in [-0.15, -0.1) is 5.10 Å². The summed E-state index contributed by atoms with van der Waals surface area (Å²) in [5, 5.41) is 9.77. The van der Waals surface area contributed by atoms with Crippen LogP contribution < -0.4 is 5.56 Å². The molecule has 136 valence electrons. The van der Waals surface area contributed by atoms with E-state index in [1.54, 1.807) is 29.0 Å². The van der Waals surface area contributed by atoms with Crippen molar-refractivity contribution in [1.82, 2.24) is 24.5 Å². The molecule has 4 rings (SSSR count). The van der Waals surface area contributed by atoms with Crippen molar-refractivity contribution in [2.45, 2.75) is 26.8 Å². The smallest absolute Gasteiger partial charge is 0.258 e. The van der Waals surface area contributed by atoms with Gasteiger partial charge in [-0.3, -0.25) is 4.79 Å². The van der Waals surface area contributed by atoms with Crippen LogP contribution in [0.1, 0.15) is 25.6 Å². The molecule has 27 heavy (non-hydrogen) atoms. The second kappa shape index (κ2) is 6.42. The quantitative estimate of drug-likeness (QED) is 0.521. The van der Waals surface area contributed by atoms with Crippen LogP contribution in [0.25, 0.3) is 27.7 Å². The molecule has 0 aliphatic heterocycles. The maximum Gasteiger partial charge on any atom is 0.258 e. The van der Waals surface area contributed by atoms with Gasteiger partial charge in [0.15, 0.2) is 0 Å². The highest BCUT2D eigenvalue weighted by Gasteiger charge is 2.16. The summed E-state index contributed by atoms with van der Waals surface area (Å²) in [6, 6.07) is 10.8. The Hall–Kier alpha value is -3.35. The number of benzene rings is 1. The molecule has 0 fully saturated rings. The Morgan fingerprint density at radius 2 is 1.96 bits per heavy atom. The molecular formula is C20H18FN5O. The van der Waals surface area contributed by atoms with Gasteiger partial charge in [0.1, 0.15) is 11.4 Å². The largest absolute Gasteiger partial charge is 0.312 e. The van der Waals surface area contributed by atoms with Gasteiger partial charge in [-0.25, -0.2) is 9.67 Å². The lowest BCUT2D eigenvalue weighted by molar-refractivity contribution is 0.564. The summed E-state index contributed by atoms with van der Waals surface area (Å²) in [7, 11) is 0. The van der Waals surface area contributed by atoms with Crippen LogP contribution in [0.15, 0.2) is 53.6 Å². The van der Waals surface area contributed by atoms with E-state index in [-0.39, 0.29) is 17.3 Å². The van der Waals surface area contributed by atoms with Crippen LogP contribution in [0, 0.1) is 12.9 Å². The van der Waals surface area contributed by atoms with Crippen LogP contribution in [-0.2, 0) is 0 Å². The van der Waals surface area contributed by atoms with E-state index in [0.717, 1.165) is 10.9 Å². The van der Waals surface area contributed by atoms with E-state index in [2.05, 4.69) is 15.3 Å². The third-order valence-corrected chi connectivity index (χ3v) is 4.62. The average molecular weight is 363 g/mol. The monoisotopic (exact) mass is 363 g/mol. The molecule has 0 N–H and O–H groups in total. The first-order chi connectivity index (χ1) is 13.0. The number of aromatic nitrogens is 5. The van der Waals surface area contributed by atoms with Gasteiger partial charge in [0.05, 0.1) is 5.69 Å². The van der Waals surface area contributed by atoms with Crippen LogP contribution in [0.3, 0.4) is 0 Å². The summed E-state index contributed by atoms with van der Waals surface area (Å²) in [6.45, 7) is 5.77. The standard InChI is InChI=1S/C20H18FN5O/c1-12(2)25-10-8-14-11-15(6-7-16(14)20(25)27)18-13(3)26(24-23-18)17-5-4-9-22-19(17)21/h4-12H,1-3H3. The van der Waals surface area contributed by atoms with Crippen molar-refractivity contribution in [3.05, 3.63) is 70.8 Å². The first-order valence-electron chi connectivity index (χ1n) is 8.66. The third-order valence-electron chi connectivity index (χ3n) is 4.62. The summed E-state index contributed by atoms with van der Waals surface area (Å²) < 4.78 is 17.1. The minimum Gasteiger partial charge on any atom is -0.312 e. The highest BCUT2D eigenvalue weighted by Crippen LogP contribution is 2.26. The van der Waals surface area contributed by atoms with Gasteiger partial charge >= 0.3 is 0 Å². The van der Waals surface area contributed by atoms with Crippen LogP contribution in [0.2, 0.25) is 0 Å². The second-order valence-corrected chi connectivity index (χ2v) is 6.67. The summed E-state index contributed by atoms with van der Waals surface area (Å²) in [5.41, 5.74) is 2.36. The Morgan fingerprint density at radius 3 is 2.70 bits per heavy atom. The molecule has 0 saturated heterocycles. The third kappa shape index (κ3) is 2.81. The van der Waals surface area contributed by atoms with Crippen molar-refractivity contribution in [1.29, 1.82) is 0 Å². The number of pyridine rings is 2. The molecule has 0 aliphatic carbocycles. The van der Waals surface area contributed by atoms with Crippen LogP contribution in [0.5, 0.6) is 0 Å². The van der Waals surface area contributed by atoms with E-state index in [0.29, 0.717) is 16.8 Å². The molecule has 1 aromatic carbocycles. The van der Waals surface area contributed by atoms with Gasteiger partial charge in [0, 0.05) is 29.4 Å². The molecule has 0 spiro atoms. The van der Waals surface area contributed by atoms with Gasteiger partial charge in [-0.1, -0.05) is 11.3 Å². The van der Waals surface area contributed by atoms with Gasteiger partial charge in [-0.05, 0) is 56.5 Å². The molecule has 3 heterocycles. The van der Waals surface area contributed by atoms with E-state index in [4.69, 9.17) is 0 Å². The minimum atomic E-state index is -0.607. The van der Waals surface area contributed by atoms with Gasteiger partial charge in [-0.2, -0.15) is 4.39 Å². The van der Waals surface area contributed by atoms with Gasteiger partial charge in [0.25, 0.3) is 5.56 Å². The zero-order valence-electron chi connectivity index (χ0n) is 15.2. The molecule has 6 nitrogen and oxygen atoms in total. The average Bonchev–Trinajstić information content (AvgIpc) is 3.03. The molecule has 0 aliphatic rings. The number of rotatable bonds is 3. The van der Waals surface area contributed by atoms with Crippen molar-refractivity contribution in [3.8, 4) is 16.9 Å². The Morgan fingerprint density at radius 1 is 1.15 bits per heavy atom. The van der Waals surface area contributed by atoms with Crippen molar-refractivity contribution in [3.63, 3.8) is 0 Å². The molecule has 3 aromatic heterocycles. The van der Waals surface area contributed by atoms with Crippen LogP contribution >= 0.6 is 0 Å². The van der Waals surface area contributed by atoms with Crippen molar-refractivity contribution in [2.24, 2.45) is 0 Å². The topological polar surface area (TPSA) is 65.6 Å². The fourth-order valence-corrected chi connectivity index (χ4v) is 3.18. The molecular weight excluding hydrogens is 345 g/mol. The number of hydrogen-bond acceptors (Lipinski definition) is 4. The molecule has 0 bridgehead atoms. The lowest BCUT2D eigenvalue weighted by atomic mass is 10.1. The predicted molar refractivity (Wildman–Crippen MR) is 101 cm³/mol. The summed E-state index contributed by atoms with van der Waals surface area (Å²) in [4.78, 5) is 16.3. The maximum absolute atomic E-state index is 14.0. The zero-order chi connectivity index (χ0) is 19.1. The molecule has 0 amide bonds. The molecule has 4 aromatic rings. The van der Waals surface area contributed by atoms with Crippen molar-refractivity contribution < 1.29 is 4.39 Å². The fourth-order valence-electron chi connectivity index (χ4n) is 3.18. The predicted octanol–water partition coefficient (Wildman–Crippen LogP) is 3.67. The summed E-state index contributed by atoms with van der Waals surface area (Å²) >= 11 is 0. The van der Waals surface area contributed by atoms with Crippen molar-refractivity contribution >= 4 is 10.8 Å². The number of halogens is 1. The normalized spacial score (nSPS) is 11.4. The Labute approximate surface area is 154 Å². The number of hydrogen-bond donors (Lipinski definition) is 0. The van der Waals surface area contributed by atoms with Gasteiger partial charge < -0.3 is 4.57 Å². The fraction of sp³-hybridized carbons (Fsp3) is 0.200. The molecule has 0 unspecified atom stereocenters. The SMILES string of the molecule is Cc1c(-c2ccc3c(=O)n(C(C)C)ccc3c2)nnn1-c1cccnc1F. The van der Waals surface area contributed by atoms with E-state index in [1.807, 2.05) is 39.0 Å². The molecule has 7 heteroatoms. The minimum absolute atomic E-state index is 0.0214. The Balaban J connectivity index is 1.83. The van der Waals surface area contributed by atoms with E-state index >= 15 is 0 Å². The molecule has 0 saturated carbocycles.